The molecule has 0 aliphatic carbocycles. The molecule has 0 fully saturated rings. The molecule has 3 N–H and O–H groups in total. The number of rotatable bonds is 5. The zero-order chi connectivity index (χ0) is 15.3. The Bertz CT molecular complexity index is 514. The molecule has 0 saturated heterocycles. The lowest BCUT2D eigenvalue weighted by molar-refractivity contribution is -0.130. The Labute approximate surface area is 119 Å². The van der Waals surface area contributed by atoms with E-state index in [1.165, 1.54) is 0 Å². The van der Waals surface area contributed by atoms with Crippen molar-refractivity contribution >= 4 is 29.4 Å². The number of carbonyl (C=O) groups is 3. The molecule has 110 valence electrons. The quantitative estimate of drug-likeness (QED) is 0.762. The molecule has 8 nitrogen and oxygen atoms in total. The second-order valence-corrected chi connectivity index (χ2v) is 5.08. The minimum Gasteiger partial charge on any atom is -0.448 e. The first-order chi connectivity index (χ1) is 9.36. The van der Waals surface area contributed by atoms with Crippen LogP contribution in [0.3, 0.4) is 0 Å². The molecule has 0 radical (unpaired) electrons. The van der Waals surface area contributed by atoms with Crippen LogP contribution in [0, 0.1) is 5.92 Å². The standard InChI is InChI=1S/C11H16N4O4S/c1-4-6-8(20-15-14-6)10(17)19-7(5(2)3)9(16)13-11(12)18/h5,7H,4H2,1-3H3,(H3,12,13,16,18)/t7-/m0/s1. The number of nitrogens with two attached hydrogens (primary N) is 1. The lowest BCUT2D eigenvalue weighted by Gasteiger charge is -2.19. The van der Waals surface area contributed by atoms with Gasteiger partial charge in [0.25, 0.3) is 5.91 Å². The second-order valence-electron chi connectivity index (χ2n) is 4.33. The largest absolute Gasteiger partial charge is 0.448 e. The highest BCUT2D eigenvalue weighted by Crippen LogP contribution is 2.16. The summed E-state index contributed by atoms with van der Waals surface area (Å²) in [7, 11) is 0. The number of aromatic nitrogens is 2. The van der Waals surface area contributed by atoms with Gasteiger partial charge in [0.2, 0.25) is 0 Å². The van der Waals surface area contributed by atoms with E-state index in [4.69, 9.17) is 10.5 Å². The van der Waals surface area contributed by atoms with Gasteiger partial charge in [-0.1, -0.05) is 25.3 Å². The molecule has 20 heavy (non-hydrogen) atoms. The second kappa shape index (κ2) is 6.94. The predicted molar refractivity (Wildman–Crippen MR) is 71.1 cm³/mol. The summed E-state index contributed by atoms with van der Waals surface area (Å²) in [5, 5.41) is 5.69. The molecule has 1 heterocycles. The van der Waals surface area contributed by atoms with Gasteiger partial charge in [-0.2, -0.15) is 0 Å². The Morgan fingerprint density at radius 1 is 1.40 bits per heavy atom. The molecule has 9 heteroatoms. The molecule has 0 aromatic carbocycles. The van der Waals surface area contributed by atoms with Gasteiger partial charge < -0.3 is 10.5 Å². The van der Waals surface area contributed by atoms with Gasteiger partial charge in [-0.15, -0.1) is 5.10 Å². The third-order valence-corrected chi connectivity index (χ3v) is 3.17. The number of urea groups is 1. The molecule has 0 unspecified atom stereocenters. The van der Waals surface area contributed by atoms with Gasteiger partial charge in [0, 0.05) is 0 Å². The highest BCUT2D eigenvalue weighted by Gasteiger charge is 2.29. The van der Waals surface area contributed by atoms with Crippen molar-refractivity contribution in [1.82, 2.24) is 14.9 Å². The molecule has 0 spiro atoms. The van der Waals surface area contributed by atoms with Gasteiger partial charge in [0.1, 0.15) is 0 Å². The van der Waals surface area contributed by atoms with Crippen LogP contribution in [0.25, 0.3) is 0 Å². The van der Waals surface area contributed by atoms with Crippen molar-refractivity contribution < 1.29 is 19.1 Å². The first kappa shape index (κ1) is 16.0. The minimum atomic E-state index is -1.11. The average molecular weight is 300 g/mol. The first-order valence-electron chi connectivity index (χ1n) is 5.99. The lowest BCUT2D eigenvalue weighted by atomic mass is 10.1. The van der Waals surface area contributed by atoms with E-state index >= 15 is 0 Å². The van der Waals surface area contributed by atoms with E-state index in [0.717, 1.165) is 11.5 Å². The first-order valence-corrected chi connectivity index (χ1v) is 6.76. The molecule has 1 aromatic rings. The van der Waals surface area contributed by atoms with E-state index in [9.17, 15) is 14.4 Å². The van der Waals surface area contributed by atoms with E-state index in [-0.39, 0.29) is 10.8 Å². The van der Waals surface area contributed by atoms with Crippen LogP contribution in [0.1, 0.15) is 36.1 Å². The highest BCUT2D eigenvalue weighted by atomic mass is 32.1. The Hall–Kier alpha value is -2.03. The van der Waals surface area contributed by atoms with E-state index in [0.29, 0.717) is 12.1 Å². The van der Waals surface area contributed by atoms with Crippen molar-refractivity contribution in [2.24, 2.45) is 11.7 Å². The fraction of sp³-hybridized carbons (Fsp3) is 0.545. The Balaban J connectivity index is 2.83. The molecule has 1 atom stereocenters. The SMILES string of the molecule is CCc1nnsc1C(=O)O[C@H](C(=O)NC(N)=O)C(C)C. The average Bonchev–Trinajstić information content (AvgIpc) is 2.82. The van der Waals surface area contributed by atoms with Gasteiger partial charge in [0.15, 0.2) is 11.0 Å². The number of carbonyl (C=O) groups excluding carboxylic acids is 3. The predicted octanol–water partition coefficient (Wildman–Crippen LogP) is 0.477. The molecule has 0 bridgehead atoms. The van der Waals surface area contributed by atoms with Crippen molar-refractivity contribution in [3.8, 4) is 0 Å². The Morgan fingerprint density at radius 3 is 2.55 bits per heavy atom. The van der Waals surface area contributed by atoms with Crippen molar-refractivity contribution in [3.63, 3.8) is 0 Å². The molecule has 0 aliphatic heterocycles. The normalized spacial score (nSPS) is 12.0. The van der Waals surface area contributed by atoms with Crippen LogP contribution in [0.4, 0.5) is 4.79 Å². The maximum Gasteiger partial charge on any atom is 0.352 e. The number of amides is 3. The highest BCUT2D eigenvalue weighted by molar-refractivity contribution is 7.07. The van der Waals surface area contributed by atoms with Gasteiger partial charge in [-0.3, -0.25) is 10.1 Å². The maximum absolute atomic E-state index is 12.0. The number of nitrogens with one attached hydrogen (secondary N) is 1. The van der Waals surface area contributed by atoms with Gasteiger partial charge in [-0.05, 0) is 23.9 Å². The van der Waals surface area contributed by atoms with Gasteiger partial charge in [0.05, 0.1) is 5.69 Å². The fourth-order valence-corrected chi connectivity index (χ4v) is 2.08. The molecule has 0 saturated carbocycles. The molecular formula is C11H16N4O4S. The zero-order valence-electron chi connectivity index (χ0n) is 11.4. The summed E-state index contributed by atoms with van der Waals surface area (Å²) in [5.41, 5.74) is 5.38. The van der Waals surface area contributed by atoms with Crippen LogP contribution >= 0.6 is 11.5 Å². The summed E-state index contributed by atoms with van der Waals surface area (Å²) in [6, 6.07) is -0.995. The smallest absolute Gasteiger partial charge is 0.352 e. The van der Waals surface area contributed by atoms with E-state index in [1.54, 1.807) is 13.8 Å². The number of nitrogens with zero attached hydrogens (tertiary/aromatic N) is 2. The van der Waals surface area contributed by atoms with Crippen LogP contribution in [0.5, 0.6) is 0 Å². The van der Waals surface area contributed by atoms with Crippen molar-refractivity contribution in [1.29, 1.82) is 0 Å². The Morgan fingerprint density at radius 2 is 2.05 bits per heavy atom. The van der Waals surface area contributed by atoms with Crippen LogP contribution in [-0.2, 0) is 16.0 Å². The van der Waals surface area contributed by atoms with E-state index in [1.807, 2.05) is 12.2 Å². The van der Waals surface area contributed by atoms with E-state index in [2.05, 4.69) is 9.59 Å². The van der Waals surface area contributed by atoms with Gasteiger partial charge in [-0.25, -0.2) is 9.59 Å². The molecule has 0 aliphatic rings. The number of aryl methyl sites for hydroxylation is 1. The number of hydrogen-bond acceptors (Lipinski definition) is 7. The molecule has 3 amide bonds. The van der Waals surface area contributed by atoms with Crippen LogP contribution < -0.4 is 11.1 Å². The van der Waals surface area contributed by atoms with Crippen LogP contribution in [0.2, 0.25) is 0 Å². The lowest BCUT2D eigenvalue weighted by Crippen LogP contribution is -2.45. The van der Waals surface area contributed by atoms with Gasteiger partial charge >= 0.3 is 12.0 Å². The van der Waals surface area contributed by atoms with Crippen molar-refractivity contribution in [3.05, 3.63) is 10.6 Å². The molecule has 1 rings (SSSR count). The summed E-state index contributed by atoms with van der Waals surface area (Å²) in [6.07, 6.45) is -0.581. The fourth-order valence-electron chi connectivity index (χ4n) is 1.45. The maximum atomic E-state index is 12.0. The number of imide groups is 1. The van der Waals surface area contributed by atoms with Crippen LogP contribution in [0.15, 0.2) is 0 Å². The summed E-state index contributed by atoms with van der Waals surface area (Å²) in [4.78, 5) is 34.7. The molecular weight excluding hydrogens is 284 g/mol. The van der Waals surface area contributed by atoms with Crippen molar-refractivity contribution in [2.75, 3.05) is 0 Å². The minimum absolute atomic E-state index is 0.255. The summed E-state index contributed by atoms with van der Waals surface area (Å²) < 4.78 is 8.81. The number of primary amides is 1. The number of esters is 1. The third-order valence-electron chi connectivity index (χ3n) is 2.42. The zero-order valence-corrected chi connectivity index (χ0v) is 12.2. The number of ether oxygens (including phenoxy) is 1. The summed E-state index contributed by atoms with van der Waals surface area (Å²) in [6.45, 7) is 5.20. The van der Waals surface area contributed by atoms with E-state index < -0.39 is 24.0 Å². The summed E-state index contributed by atoms with van der Waals surface area (Å²) in [5.74, 6) is -1.75. The summed E-state index contributed by atoms with van der Waals surface area (Å²) >= 11 is 0.903. The topological polar surface area (TPSA) is 124 Å². The van der Waals surface area contributed by atoms with Crippen LogP contribution in [-0.4, -0.2) is 33.6 Å². The number of hydrogen-bond donors (Lipinski definition) is 2. The molecule has 1 aromatic heterocycles. The Kier molecular flexibility index (Phi) is 5.56. The third kappa shape index (κ3) is 3.98. The monoisotopic (exact) mass is 300 g/mol. The van der Waals surface area contributed by atoms with Crippen molar-refractivity contribution in [2.45, 2.75) is 33.3 Å².